The number of nitrogens with zero attached hydrogens (tertiary/aromatic N) is 2. The van der Waals surface area contributed by atoms with Gasteiger partial charge in [-0.25, -0.2) is 4.39 Å². The fourth-order valence-corrected chi connectivity index (χ4v) is 1.49. The Morgan fingerprint density at radius 2 is 1.94 bits per heavy atom. The Morgan fingerprint density at radius 3 is 2.53 bits per heavy atom. The van der Waals surface area contributed by atoms with Crippen molar-refractivity contribution in [1.29, 1.82) is 0 Å². The molecule has 0 saturated carbocycles. The van der Waals surface area contributed by atoms with Gasteiger partial charge in [-0.15, -0.1) is 5.10 Å². The van der Waals surface area contributed by atoms with Gasteiger partial charge in [0, 0.05) is 6.42 Å². The summed E-state index contributed by atoms with van der Waals surface area (Å²) in [5, 5.41) is 7.82. The van der Waals surface area contributed by atoms with Crippen molar-refractivity contribution in [3.63, 3.8) is 0 Å². The van der Waals surface area contributed by atoms with Gasteiger partial charge in [0.15, 0.2) is 0 Å². The van der Waals surface area contributed by atoms with E-state index in [-0.39, 0.29) is 5.82 Å². The second kappa shape index (κ2) is 4.78. The van der Waals surface area contributed by atoms with Crippen molar-refractivity contribution in [2.24, 2.45) is 0 Å². The topological polar surface area (TPSA) is 61.0 Å². The van der Waals surface area contributed by atoms with E-state index in [1.165, 1.54) is 19.2 Å². The van der Waals surface area contributed by atoms with Crippen LogP contribution in [0.4, 0.5) is 10.1 Å². The van der Waals surface area contributed by atoms with E-state index in [1.54, 1.807) is 18.2 Å². The van der Waals surface area contributed by atoms with E-state index in [9.17, 15) is 4.39 Å². The van der Waals surface area contributed by atoms with Crippen molar-refractivity contribution in [2.45, 2.75) is 6.42 Å². The Bertz CT molecular complexity index is 514. The SMILES string of the molecule is COc1nnc(Cc2ccc(F)cc2)cc1N. The molecule has 0 saturated heterocycles. The van der Waals surface area contributed by atoms with E-state index in [4.69, 9.17) is 10.5 Å². The van der Waals surface area contributed by atoms with Crippen LogP contribution in [0.15, 0.2) is 30.3 Å². The molecule has 0 fully saturated rings. The quantitative estimate of drug-likeness (QED) is 0.878. The number of ether oxygens (including phenoxy) is 1. The predicted molar refractivity (Wildman–Crippen MR) is 62.2 cm³/mol. The molecule has 17 heavy (non-hydrogen) atoms. The molecule has 0 amide bonds. The molecule has 2 aromatic rings. The molecule has 4 nitrogen and oxygen atoms in total. The zero-order valence-corrected chi connectivity index (χ0v) is 9.35. The van der Waals surface area contributed by atoms with Crippen LogP contribution in [0, 0.1) is 5.82 Å². The van der Waals surface area contributed by atoms with Crippen molar-refractivity contribution >= 4 is 5.69 Å². The maximum absolute atomic E-state index is 12.7. The molecule has 0 aliphatic heterocycles. The number of benzene rings is 1. The van der Waals surface area contributed by atoms with Gasteiger partial charge in [-0.05, 0) is 23.8 Å². The summed E-state index contributed by atoms with van der Waals surface area (Å²) in [5.74, 6) is 0.0573. The highest BCUT2D eigenvalue weighted by Crippen LogP contribution is 2.18. The monoisotopic (exact) mass is 233 g/mol. The summed E-state index contributed by atoms with van der Waals surface area (Å²) in [7, 11) is 1.49. The van der Waals surface area contributed by atoms with Crippen molar-refractivity contribution in [2.75, 3.05) is 12.8 Å². The third-order valence-corrected chi connectivity index (χ3v) is 2.33. The Balaban J connectivity index is 2.19. The first-order valence-corrected chi connectivity index (χ1v) is 5.09. The van der Waals surface area contributed by atoms with Crippen LogP contribution >= 0.6 is 0 Å². The molecule has 0 spiro atoms. The van der Waals surface area contributed by atoms with Gasteiger partial charge in [0.1, 0.15) is 5.82 Å². The Hall–Kier alpha value is -2.17. The molecule has 0 unspecified atom stereocenters. The fraction of sp³-hybridized carbons (Fsp3) is 0.167. The van der Waals surface area contributed by atoms with Crippen LogP contribution in [-0.4, -0.2) is 17.3 Å². The molecule has 1 aromatic carbocycles. The summed E-state index contributed by atoms with van der Waals surface area (Å²) in [6.45, 7) is 0. The fourth-order valence-electron chi connectivity index (χ4n) is 1.49. The molecule has 5 heteroatoms. The number of rotatable bonds is 3. The molecular weight excluding hydrogens is 221 g/mol. The van der Waals surface area contributed by atoms with Crippen LogP contribution in [0.3, 0.4) is 0 Å². The normalized spacial score (nSPS) is 10.2. The van der Waals surface area contributed by atoms with Crippen molar-refractivity contribution in [3.05, 3.63) is 47.4 Å². The summed E-state index contributed by atoms with van der Waals surface area (Å²) in [6, 6.07) is 7.94. The van der Waals surface area contributed by atoms with E-state index < -0.39 is 0 Å². The van der Waals surface area contributed by atoms with Gasteiger partial charge in [-0.2, -0.15) is 5.10 Å². The maximum atomic E-state index is 12.7. The second-order valence-corrected chi connectivity index (χ2v) is 3.60. The number of anilines is 1. The largest absolute Gasteiger partial charge is 0.478 e. The average Bonchev–Trinajstić information content (AvgIpc) is 2.32. The minimum absolute atomic E-state index is 0.255. The van der Waals surface area contributed by atoms with Crippen LogP contribution in [0.1, 0.15) is 11.3 Å². The first kappa shape index (κ1) is 11.3. The van der Waals surface area contributed by atoms with E-state index in [1.807, 2.05) is 0 Å². The third-order valence-electron chi connectivity index (χ3n) is 2.33. The van der Waals surface area contributed by atoms with Gasteiger partial charge in [-0.3, -0.25) is 0 Å². The predicted octanol–water partition coefficient (Wildman–Crippen LogP) is 1.80. The molecule has 0 radical (unpaired) electrons. The standard InChI is InChI=1S/C12H12FN3O/c1-17-12-11(14)7-10(15-16-12)6-8-2-4-9(13)5-3-8/h2-5,7H,6H2,1H3,(H2,14,15). The lowest BCUT2D eigenvalue weighted by molar-refractivity contribution is 0.393. The van der Waals surface area contributed by atoms with E-state index in [0.717, 1.165) is 11.3 Å². The Morgan fingerprint density at radius 1 is 1.24 bits per heavy atom. The van der Waals surface area contributed by atoms with Crippen LogP contribution in [0.2, 0.25) is 0 Å². The molecular formula is C12H12FN3O. The van der Waals surface area contributed by atoms with Crippen LogP contribution in [0.5, 0.6) is 5.88 Å². The zero-order chi connectivity index (χ0) is 12.3. The first-order chi connectivity index (χ1) is 8.19. The molecule has 0 aliphatic carbocycles. The van der Waals surface area contributed by atoms with E-state index in [2.05, 4.69) is 10.2 Å². The Labute approximate surface area is 98.2 Å². The van der Waals surface area contributed by atoms with Gasteiger partial charge < -0.3 is 10.5 Å². The highest BCUT2D eigenvalue weighted by molar-refractivity contribution is 5.48. The van der Waals surface area contributed by atoms with Crippen molar-refractivity contribution in [1.82, 2.24) is 10.2 Å². The lowest BCUT2D eigenvalue weighted by atomic mass is 10.1. The molecule has 0 bridgehead atoms. The number of methoxy groups -OCH3 is 1. The smallest absolute Gasteiger partial charge is 0.256 e. The average molecular weight is 233 g/mol. The number of hydrogen-bond donors (Lipinski definition) is 1. The molecule has 88 valence electrons. The zero-order valence-electron chi connectivity index (χ0n) is 9.35. The number of halogens is 1. The molecule has 1 aromatic heterocycles. The molecule has 2 N–H and O–H groups in total. The lowest BCUT2D eigenvalue weighted by Gasteiger charge is -2.04. The van der Waals surface area contributed by atoms with E-state index >= 15 is 0 Å². The van der Waals surface area contributed by atoms with Gasteiger partial charge in [0.2, 0.25) is 0 Å². The van der Waals surface area contributed by atoms with Crippen molar-refractivity contribution in [3.8, 4) is 5.88 Å². The third kappa shape index (κ3) is 2.69. The molecule has 1 heterocycles. The summed E-state index contributed by atoms with van der Waals surface area (Å²) in [4.78, 5) is 0. The highest BCUT2D eigenvalue weighted by Gasteiger charge is 2.05. The molecule has 0 aliphatic rings. The first-order valence-electron chi connectivity index (χ1n) is 5.09. The van der Waals surface area contributed by atoms with E-state index in [0.29, 0.717) is 18.0 Å². The second-order valence-electron chi connectivity index (χ2n) is 3.60. The van der Waals surface area contributed by atoms with Gasteiger partial charge in [-0.1, -0.05) is 12.1 Å². The Kier molecular flexibility index (Phi) is 3.18. The summed E-state index contributed by atoms with van der Waals surface area (Å²) < 4.78 is 17.6. The molecule has 0 atom stereocenters. The minimum Gasteiger partial charge on any atom is -0.478 e. The number of nitrogens with two attached hydrogens (primary N) is 1. The maximum Gasteiger partial charge on any atom is 0.256 e. The number of nitrogen functional groups attached to an aromatic ring is 1. The molecule has 2 rings (SSSR count). The van der Waals surface area contributed by atoms with Crippen LogP contribution in [0.25, 0.3) is 0 Å². The number of hydrogen-bond acceptors (Lipinski definition) is 4. The highest BCUT2D eigenvalue weighted by atomic mass is 19.1. The minimum atomic E-state index is -0.255. The van der Waals surface area contributed by atoms with Crippen molar-refractivity contribution < 1.29 is 9.13 Å². The van der Waals surface area contributed by atoms with Gasteiger partial charge in [0.25, 0.3) is 5.88 Å². The lowest BCUT2D eigenvalue weighted by Crippen LogP contribution is -2.01. The van der Waals surface area contributed by atoms with Crippen LogP contribution < -0.4 is 10.5 Å². The van der Waals surface area contributed by atoms with Gasteiger partial charge in [0.05, 0.1) is 18.5 Å². The number of aromatic nitrogens is 2. The summed E-state index contributed by atoms with van der Waals surface area (Å²) in [5.41, 5.74) is 7.83. The summed E-state index contributed by atoms with van der Waals surface area (Å²) in [6.07, 6.45) is 0.557. The van der Waals surface area contributed by atoms with Crippen LogP contribution in [-0.2, 0) is 6.42 Å². The van der Waals surface area contributed by atoms with Gasteiger partial charge >= 0.3 is 0 Å². The summed E-state index contributed by atoms with van der Waals surface area (Å²) >= 11 is 0.